The lowest BCUT2D eigenvalue weighted by molar-refractivity contribution is -0.123. The first kappa shape index (κ1) is 21.7. The number of amides is 2. The van der Waals surface area contributed by atoms with Gasteiger partial charge in [0, 0.05) is 18.2 Å². The average Bonchev–Trinajstić information content (AvgIpc) is 2.75. The van der Waals surface area contributed by atoms with Gasteiger partial charge in [-0.3, -0.25) is 9.59 Å². The molecule has 3 N–H and O–H groups in total. The Morgan fingerprint density at radius 1 is 0.862 bits per heavy atom. The van der Waals surface area contributed by atoms with Crippen LogP contribution in [0, 0.1) is 0 Å². The van der Waals surface area contributed by atoms with Crippen molar-refractivity contribution < 1.29 is 33.3 Å². The molecule has 0 heterocycles. The molecule has 0 saturated heterocycles. The van der Waals surface area contributed by atoms with Crippen LogP contribution < -0.4 is 34.7 Å². The molecule has 0 atom stereocenters. The van der Waals surface area contributed by atoms with E-state index in [1.165, 1.54) is 40.6 Å². The van der Waals surface area contributed by atoms with Crippen LogP contribution in [0.5, 0.6) is 28.7 Å². The van der Waals surface area contributed by atoms with Crippen LogP contribution in [0.25, 0.3) is 0 Å². The molecular formula is C20H24N2O7. The molecular weight excluding hydrogens is 380 g/mol. The summed E-state index contributed by atoms with van der Waals surface area (Å²) in [5.74, 6) is 1.13. The van der Waals surface area contributed by atoms with Gasteiger partial charge < -0.3 is 34.7 Å². The summed E-state index contributed by atoms with van der Waals surface area (Å²) in [5.41, 5.74) is 6.17. The van der Waals surface area contributed by atoms with Crippen molar-refractivity contribution >= 4 is 11.8 Å². The molecule has 2 rings (SSSR count). The molecule has 0 radical (unpaired) electrons. The van der Waals surface area contributed by atoms with Gasteiger partial charge >= 0.3 is 0 Å². The van der Waals surface area contributed by atoms with Crippen molar-refractivity contribution in [1.82, 2.24) is 5.32 Å². The van der Waals surface area contributed by atoms with Crippen molar-refractivity contribution in [3.63, 3.8) is 0 Å². The second-order valence-electron chi connectivity index (χ2n) is 5.81. The summed E-state index contributed by atoms with van der Waals surface area (Å²) >= 11 is 0. The number of hydrogen-bond acceptors (Lipinski definition) is 7. The predicted octanol–water partition coefficient (Wildman–Crippen LogP) is 1.52. The fourth-order valence-electron chi connectivity index (χ4n) is 2.57. The highest BCUT2D eigenvalue weighted by Crippen LogP contribution is 2.34. The number of carbonyl (C=O) groups excluding carboxylic acids is 2. The minimum absolute atomic E-state index is 0.124. The zero-order valence-corrected chi connectivity index (χ0v) is 16.7. The van der Waals surface area contributed by atoms with E-state index in [0.717, 1.165) is 0 Å². The Bertz CT molecular complexity index is 883. The van der Waals surface area contributed by atoms with E-state index in [9.17, 15) is 9.59 Å². The van der Waals surface area contributed by atoms with E-state index in [0.29, 0.717) is 28.6 Å². The third-order valence-corrected chi connectivity index (χ3v) is 4.07. The molecule has 0 bridgehead atoms. The molecule has 9 heteroatoms. The van der Waals surface area contributed by atoms with Crippen molar-refractivity contribution in [2.45, 2.75) is 6.54 Å². The highest BCUT2D eigenvalue weighted by atomic mass is 16.5. The van der Waals surface area contributed by atoms with Gasteiger partial charge in [-0.2, -0.15) is 0 Å². The second-order valence-corrected chi connectivity index (χ2v) is 5.81. The molecule has 0 aliphatic carbocycles. The number of carbonyl (C=O) groups is 2. The molecule has 156 valence electrons. The first-order valence-corrected chi connectivity index (χ1v) is 8.59. The number of nitrogens with two attached hydrogens (primary N) is 1. The Hall–Kier alpha value is -3.62. The van der Waals surface area contributed by atoms with E-state index >= 15 is 0 Å². The van der Waals surface area contributed by atoms with Crippen molar-refractivity contribution in [3.05, 3.63) is 41.5 Å². The Labute approximate surface area is 168 Å². The van der Waals surface area contributed by atoms with Gasteiger partial charge in [-0.1, -0.05) is 0 Å². The Kier molecular flexibility index (Phi) is 7.53. The SMILES string of the molecule is COc1ccc(OCC(=O)NCc2cc(OC)c(OC)cc2OC)c(C(N)=O)c1. The lowest BCUT2D eigenvalue weighted by Gasteiger charge is -2.15. The number of ether oxygens (including phenoxy) is 5. The van der Waals surface area contributed by atoms with Gasteiger partial charge in [-0.25, -0.2) is 0 Å². The van der Waals surface area contributed by atoms with Gasteiger partial charge in [0.1, 0.15) is 17.2 Å². The summed E-state index contributed by atoms with van der Waals surface area (Å²) in [6.07, 6.45) is 0. The predicted molar refractivity (Wildman–Crippen MR) is 105 cm³/mol. The molecule has 0 aromatic heterocycles. The van der Waals surface area contributed by atoms with E-state index in [1.54, 1.807) is 18.2 Å². The Morgan fingerprint density at radius 2 is 1.52 bits per heavy atom. The summed E-state index contributed by atoms with van der Waals surface area (Å²) in [5, 5.41) is 2.72. The normalized spacial score (nSPS) is 10.1. The lowest BCUT2D eigenvalue weighted by atomic mass is 10.1. The number of methoxy groups -OCH3 is 4. The molecule has 29 heavy (non-hydrogen) atoms. The first-order chi connectivity index (χ1) is 13.9. The minimum atomic E-state index is -0.686. The van der Waals surface area contributed by atoms with Crippen molar-refractivity contribution in [3.8, 4) is 28.7 Å². The molecule has 2 amide bonds. The molecule has 0 aliphatic rings. The van der Waals surface area contributed by atoms with E-state index in [1.807, 2.05) is 0 Å². The topological polar surface area (TPSA) is 118 Å². The molecule has 0 saturated carbocycles. The van der Waals surface area contributed by atoms with Crippen LogP contribution in [0.15, 0.2) is 30.3 Å². The highest BCUT2D eigenvalue weighted by Gasteiger charge is 2.15. The maximum Gasteiger partial charge on any atom is 0.258 e. The van der Waals surface area contributed by atoms with Crippen molar-refractivity contribution in [2.75, 3.05) is 35.0 Å². The van der Waals surface area contributed by atoms with Crippen LogP contribution in [0.1, 0.15) is 15.9 Å². The van der Waals surface area contributed by atoms with Gasteiger partial charge in [0.25, 0.3) is 11.8 Å². The van der Waals surface area contributed by atoms with Crippen LogP contribution in [-0.2, 0) is 11.3 Å². The third-order valence-electron chi connectivity index (χ3n) is 4.07. The number of hydrogen-bond donors (Lipinski definition) is 2. The number of rotatable bonds is 10. The zero-order chi connectivity index (χ0) is 21.4. The summed E-state index contributed by atoms with van der Waals surface area (Å²) in [6.45, 7) is -0.126. The minimum Gasteiger partial charge on any atom is -0.497 e. The number of primary amides is 1. The fourth-order valence-corrected chi connectivity index (χ4v) is 2.57. The van der Waals surface area contributed by atoms with E-state index in [4.69, 9.17) is 29.4 Å². The van der Waals surface area contributed by atoms with E-state index in [2.05, 4.69) is 5.32 Å². The number of benzene rings is 2. The maximum atomic E-state index is 12.2. The quantitative estimate of drug-likeness (QED) is 0.616. The molecule has 2 aromatic carbocycles. The molecule has 0 spiro atoms. The van der Waals surface area contributed by atoms with Crippen LogP contribution in [0.4, 0.5) is 0 Å². The van der Waals surface area contributed by atoms with Crippen molar-refractivity contribution in [2.24, 2.45) is 5.73 Å². The number of nitrogens with one attached hydrogen (secondary N) is 1. The largest absolute Gasteiger partial charge is 0.497 e. The third kappa shape index (κ3) is 5.44. The molecule has 0 aliphatic heterocycles. The highest BCUT2D eigenvalue weighted by molar-refractivity contribution is 5.96. The zero-order valence-electron chi connectivity index (χ0n) is 16.7. The van der Waals surface area contributed by atoms with E-state index in [-0.39, 0.29) is 24.5 Å². The van der Waals surface area contributed by atoms with Gasteiger partial charge in [0.05, 0.1) is 34.0 Å². The van der Waals surface area contributed by atoms with Crippen LogP contribution in [0.3, 0.4) is 0 Å². The summed E-state index contributed by atoms with van der Waals surface area (Å²) < 4.78 is 26.3. The summed E-state index contributed by atoms with van der Waals surface area (Å²) in [7, 11) is 6.03. The molecule has 2 aromatic rings. The van der Waals surface area contributed by atoms with Gasteiger partial charge in [-0.05, 0) is 24.3 Å². The molecule has 0 fully saturated rings. The first-order valence-electron chi connectivity index (χ1n) is 8.59. The second kappa shape index (κ2) is 10.1. The fraction of sp³-hybridized carbons (Fsp3) is 0.300. The van der Waals surface area contributed by atoms with Gasteiger partial charge in [0.15, 0.2) is 18.1 Å². The van der Waals surface area contributed by atoms with Gasteiger partial charge in [0.2, 0.25) is 0 Å². The van der Waals surface area contributed by atoms with Crippen LogP contribution >= 0.6 is 0 Å². The lowest BCUT2D eigenvalue weighted by Crippen LogP contribution is -2.29. The monoisotopic (exact) mass is 404 g/mol. The van der Waals surface area contributed by atoms with Crippen molar-refractivity contribution in [1.29, 1.82) is 0 Å². The van der Waals surface area contributed by atoms with Crippen LogP contribution in [0.2, 0.25) is 0 Å². The standard InChI is InChI=1S/C20H24N2O7/c1-25-13-5-6-15(14(8-13)20(21)24)29-11-19(23)22-10-12-7-17(27-3)18(28-4)9-16(12)26-2/h5-9H,10-11H2,1-4H3,(H2,21,24)(H,22,23). The Morgan fingerprint density at radius 3 is 2.10 bits per heavy atom. The van der Waals surface area contributed by atoms with E-state index < -0.39 is 11.8 Å². The smallest absolute Gasteiger partial charge is 0.258 e. The average molecular weight is 404 g/mol. The van der Waals surface area contributed by atoms with Crippen LogP contribution in [-0.4, -0.2) is 46.9 Å². The summed E-state index contributed by atoms with van der Waals surface area (Å²) in [4.78, 5) is 23.8. The Balaban J connectivity index is 2.03. The summed E-state index contributed by atoms with van der Waals surface area (Å²) in [6, 6.07) is 7.96. The molecule has 9 nitrogen and oxygen atoms in total. The molecule has 0 unspecified atom stereocenters. The maximum absolute atomic E-state index is 12.2. The van der Waals surface area contributed by atoms with Gasteiger partial charge in [-0.15, -0.1) is 0 Å².